The number of carbonyl (C=O) groups is 1. The van der Waals surface area contributed by atoms with E-state index in [1.165, 1.54) is 5.57 Å². The monoisotopic (exact) mass is 668 g/mol. The highest BCUT2D eigenvalue weighted by atomic mass is 16.5. The number of carboxylic acid groups (broad SMARTS) is 1. The third-order valence-electron chi connectivity index (χ3n) is 16.5. The summed E-state index contributed by atoms with van der Waals surface area (Å²) in [5, 5.41) is 23.8. The molecule has 5 aliphatic rings. The Morgan fingerprint density at radius 1 is 1.10 bits per heavy atom. The average molecular weight is 668 g/mol. The Morgan fingerprint density at radius 3 is 2.40 bits per heavy atom. The van der Waals surface area contributed by atoms with Crippen LogP contribution in [0, 0.1) is 62.6 Å². The molecule has 1 saturated heterocycles. The Morgan fingerprint density at radius 2 is 1.81 bits per heavy atom. The zero-order valence-corrected chi connectivity index (χ0v) is 32.0. The van der Waals surface area contributed by atoms with Gasteiger partial charge in [0.2, 0.25) is 0 Å². The first-order chi connectivity index (χ1) is 22.3. The zero-order chi connectivity index (χ0) is 35.2. The molecule has 0 unspecified atom stereocenters. The SMILES string of the molecule is CC(C)[C@@H](C)[C@@]1(C)CC[C@]2(C)[C@H]3CC[C@@H]4[C@@]5(C)COC[C@@]4(C3=CC[C@@]2(C)[C@@H]1C(=O)O)[C@@H](OC[C@@](C)(C(C)C)N(C)C)[C@H](n1cnnn1)C5. The fraction of sp³-hybridized carbons (Fsp3) is 0.897. The van der Waals surface area contributed by atoms with Gasteiger partial charge in [0.15, 0.2) is 0 Å². The molecule has 9 nitrogen and oxygen atoms in total. The maximum absolute atomic E-state index is 13.5. The van der Waals surface area contributed by atoms with Crippen molar-refractivity contribution in [2.24, 2.45) is 62.6 Å². The van der Waals surface area contributed by atoms with E-state index in [9.17, 15) is 9.90 Å². The van der Waals surface area contributed by atoms with Crippen molar-refractivity contribution >= 4 is 5.97 Å². The number of hydrogen-bond acceptors (Lipinski definition) is 7. The third-order valence-corrected chi connectivity index (χ3v) is 16.5. The molecule has 270 valence electrons. The number of aromatic nitrogens is 4. The predicted octanol–water partition coefficient (Wildman–Crippen LogP) is 7.16. The number of ether oxygens (including phenoxy) is 2. The summed E-state index contributed by atoms with van der Waals surface area (Å²) < 4.78 is 16.1. The normalized spacial score (nSPS) is 44.4. The molecule has 0 amide bonds. The molecule has 4 aliphatic carbocycles. The summed E-state index contributed by atoms with van der Waals surface area (Å²) in [6.07, 6.45) is 9.94. The Labute approximate surface area is 290 Å². The van der Waals surface area contributed by atoms with Crippen LogP contribution in [0.2, 0.25) is 0 Å². The van der Waals surface area contributed by atoms with Gasteiger partial charge < -0.3 is 19.5 Å². The third kappa shape index (κ3) is 4.78. The van der Waals surface area contributed by atoms with Gasteiger partial charge in [0.1, 0.15) is 6.33 Å². The molecule has 1 aromatic heterocycles. The number of tetrazole rings is 1. The standard InChI is InChI=1S/C39H65N5O4/c1-24(2)26(5)35(7)17-18-36(8)27-13-14-30-34(6)19-29(44-23-40-41-42-44)32(48-21-38(10,25(3)4)43(11)12)39(30,22-47-20-34)28(27)15-16-37(36,9)31(35)33(45)46/h15,23-27,29-32H,13-14,16-22H2,1-12H3,(H,45,46)/t26-,27+,29-,30-,31-,32+,34-,35-,36-,37+,38+,39+/m1/s1. The summed E-state index contributed by atoms with van der Waals surface area (Å²) in [6, 6.07) is -0.0298. The van der Waals surface area contributed by atoms with Crippen LogP contribution in [0.25, 0.3) is 0 Å². The molecule has 48 heavy (non-hydrogen) atoms. The second-order valence-corrected chi connectivity index (χ2v) is 19.1. The van der Waals surface area contributed by atoms with E-state index in [2.05, 4.69) is 110 Å². The van der Waals surface area contributed by atoms with E-state index >= 15 is 0 Å². The zero-order valence-electron chi connectivity index (χ0n) is 32.0. The summed E-state index contributed by atoms with van der Waals surface area (Å²) in [6.45, 7) is 25.1. The van der Waals surface area contributed by atoms with Crippen molar-refractivity contribution in [2.45, 2.75) is 125 Å². The van der Waals surface area contributed by atoms with Crippen LogP contribution in [0.3, 0.4) is 0 Å². The smallest absolute Gasteiger partial charge is 0.307 e. The molecule has 0 spiro atoms. The van der Waals surface area contributed by atoms with Crippen molar-refractivity contribution in [1.29, 1.82) is 0 Å². The lowest BCUT2D eigenvalue weighted by Gasteiger charge is -2.71. The highest BCUT2D eigenvalue weighted by molar-refractivity contribution is 5.73. The molecule has 12 atom stereocenters. The maximum Gasteiger partial charge on any atom is 0.307 e. The van der Waals surface area contributed by atoms with Crippen molar-refractivity contribution in [3.05, 3.63) is 18.0 Å². The van der Waals surface area contributed by atoms with Gasteiger partial charge in [0.25, 0.3) is 0 Å². The number of likely N-dealkylation sites (N-methyl/N-ethyl adjacent to an activating group) is 1. The minimum absolute atomic E-state index is 0.0298. The quantitative estimate of drug-likeness (QED) is 0.277. The largest absolute Gasteiger partial charge is 0.481 e. The van der Waals surface area contributed by atoms with Crippen molar-refractivity contribution in [3.8, 4) is 0 Å². The Hall–Kier alpha value is -1.84. The Bertz CT molecular complexity index is 1390. The fourth-order valence-electron chi connectivity index (χ4n) is 12.5. The highest BCUT2D eigenvalue weighted by Gasteiger charge is 2.72. The van der Waals surface area contributed by atoms with Gasteiger partial charge in [-0.1, -0.05) is 74.0 Å². The minimum atomic E-state index is -0.620. The second-order valence-electron chi connectivity index (χ2n) is 19.1. The minimum Gasteiger partial charge on any atom is -0.481 e. The van der Waals surface area contributed by atoms with E-state index in [4.69, 9.17) is 9.47 Å². The van der Waals surface area contributed by atoms with Crippen molar-refractivity contribution in [3.63, 3.8) is 0 Å². The van der Waals surface area contributed by atoms with Crippen LogP contribution >= 0.6 is 0 Å². The summed E-state index contributed by atoms with van der Waals surface area (Å²) in [5.74, 6) is 0.755. The number of hydrogen-bond donors (Lipinski definition) is 1. The molecule has 9 heteroatoms. The van der Waals surface area contributed by atoms with Gasteiger partial charge in [0.05, 0.1) is 37.9 Å². The fourth-order valence-corrected chi connectivity index (χ4v) is 12.5. The lowest BCUT2D eigenvalue weighted by atomic mass is 9.34. The van der Waals surface area contributed by atoms with Crippen molar-refractivity contribution in [1.82, 2.24) is 25.1 Å². The van der Waals surface area contributed by atoms with Crippen LogP contribution in [0.1, 0.15) is 114 Å². The number of carboxylic acids is 1. The first kappa shape index (κ1) is 36.0. The van der Waals surface area contributed by atoms with E-state index in [1.807, 2.05) is 4.68 Å². The molecular formula is C39H65N5O4. The van der Waals surface area contributed by atoms with Crippen molar-refractivity contribution < 1.29 is 19.4 Å². The van der Waals surface area contributed by atoms with Crippen LogP contribution in [0.5, 0.6) is 0 Å². The van der Waals surface area contributed by atoms with E-state index in [1.54, 1.807) is 6.33 Å². The summed E-state index contributed by atoms with van der Waals surface area (Å²) in [7, 11) is 4.31. The summed E-state index contributed by atoms with van der Waals surface area (Å²) in [5.41, 5.74) is 0.128. The topological polar surface area (TPSA) is 103 Å². The van der Waals surface area contributed by atoms with Gasteiger partial charge >= 0.3 is 5.97 Å². The molecule has 6 rings (SSSR count). The van der Waals surface area contributed by atoms with Gasteiger partial charge in [-0.25, -0.2) is 4.68 Å². The molecule has 4 fully saturated rings. The second kappa shape index (κ2) is 11.9. The van der Waals surface area contributed by atoms with Crippen LogP contribution < -0.4 is 0 Å². The molecule has 1 aromatic rings. The van der Waals surface area contributed by atoms with Gasteiger partial charge in [-0.05, 0) is 121 Å². The van der Waals surface area contributed by atoms with Crippen LogP contribution in [-0.2, 0) is 14.3 Å². The predicted molar refractivity (Wildman–Crippen MR) is 187 cm³/mol. The lowest BCUT2D eigenvalue weighted by Crippen LogP contribution is -2.70. The van der Waals surface area contributed by atoms with Gasteiger partial charge in [-0.2, -0.15) is 0 Å². The van der Waals surface area contributed by atoms with E-state index in [0.29, 0.717) is 36.9 Å². The number of aliphatic carboxylic acids is 1. The maximum atomic E-state index is 13.5. The van der Waals surface area contributed by atoms with Gasteiger partial charge in [0, 0.05) is 11.0 Å². The van der Waals surface area contributed by atoms with Crippen molar-refractivity contribution in [2.75, 3.05) is 33.9 Å². The average Bonchev–Trinajstić information content (AvgIpc) is 3.55. The molecule has 2 heterocycles. The Balaban J connectivity index is 1.51. The van der Waals surface area contributed by atoms with E-state index < -0.39 is 11.9 Å². The van der Waals surface area contributed by atoms with E-state index in [-0.39, 0.29) is 50.7 Å². The lowest BCUT2D eigenvalue weighted by molar-refractivity contribution is -0.256. The molecular weight excluding hydrogens is 602 g/mol. The van der Waals surface area contributed by atoms with Gasteiger partial charge in [-0.15, -0.1) is 5.10 Å². The Kier molecular flexibility index (Phi) is 8.89. The number of fused-ring (bicyclic) bond motifs is 3. The molecule has 3 saturated carbocycles. The summed E-state index contributed by atoms with van der Waals surface area (Å²) in [4.78, 5) is 15.8. The number of allylic oxidation sites excluding steroid dienone is 1. The van der Waals surface area contributed by atoms with Crippen LogP contribution in [0.15, 0.2) is 18.0 Å². The summed E-state index contributed by atoms with van der Waals surface area (Å²) >= 11 is 0. The highest BCUT2D eigenvalue weighted by Crippen LogP contribution is 2.75. The molecule has 0 radical (unpaired) electrons. The first-order valence-electron chi connectivity index (χ1n) is 18.9. The van der Waals surface area contributed by atoms with Crippen LogP contribution in [0.4, 0.5) is 0 Å². The molecule has 1 N–H and O–H groups in total. The molecule has 1 aliphatic heterocycles. The number of rotatable bonds is 9. The molecule has 2 bridgehead atoms. The molecule has 0 aromatic carbocycles. The van der Waals surface area contributed by atoms with Gasteiger partial charge in [-0.3, -0.25) is 4.79 Å². The number of nitrogens with zero attached hydrogens (tertiary/aromatic N) is 5. The first-order valence-corrected chi connectivity index (χ1v) is 18.9. The van der Waals surface area contributed by atoms with E-state index in [0.717, 1.165) is 45.1 Å². The van der Waals surface area contributed by atoms with Crippen LogP contribution in [-0.4, -0.2) is 81.7 Å².